The Bertz CT molecular complexity index is 300. The molecule has 5 nitrogen and oxygen atoms in total. The molecule has 3 N–H and O–H groups in total. The molecule has 0 aromatic heterocycles. The summed E-state index contributed by atoms with van der Waals surface area (Å²) in [5, 5.41) is 13.6. The molecule has 0 bridgehead atoms. The van der Waals surface area contributed by atoms with E-state index in [1.54, 1.807) is 0 Å². The van der Waals surface area contributed by atoms with Crippen LogP contribution in [0.4, 0.5) is 4.79 Å². The fourth-order valence-corrected chi connectivity index (χ4v) is 1.61. The molecule has 0 aliphatic heterocycles. The standard InChI is InChI=1S/C11H18N2O3/c1-8(10(14)15)13-11(16)12-7-6-9-4-2-3-5-9/h4,8H,2-3,5-7H2,1H3,(H,14,15)(H2,12,13,16)/t8-/m1/s1. The number of carbonyl (C=O) groups is 2. The Labute approximate surface area is 94.9 Å². The van der Waals surface area contributed by atoms with Crippen LogP contribution in [0.1, 0.15) is 32.6 Å². The Kier molecular flexibility index (Phi) is 4.82. The molecule has 0 spiro atoms. The number of carbonyl (C=O) groups excluding carboxylic acids is 1. The van der Waals surface area contributed by atoms with Crippen LogP contribution in [0.25, 0.3) is 0 Å². The van der Waals surface area contributed by atoms with Crippen molar-refractivity contribution < 1.29 is 14.7 Å². The number of urea groups is 1. The molecule has 0 radical (unpaired) electrons. The largest absolute Gasteiger partial charge is 0.480 e. The van der Waals surface area contributed by atoms with Crippen molar-refractivity contribution in [3.63, 3.8) is 0 Å². The molecule has 0 saturated carbocycles. The topological polar surface area (TPSA) is 78.4 Å². The molecule has 0 aromatic rings. The summed E-state index contributed by atoms with van der Waals surface area (Å²) in [4.78, 5) is 21.7. The molecule has 1 rings (SSSR count). The first-order chi connectivity index (χ1) is 7.59. The van der Waals surface area contributed by atoms with E-state index in [1.807, 2.05) is 0 Å². The summed E-state index contributed by atoms with van der Waals surface area (Å²) in [6, 6.07) is -1.28. The Balaban J connectivity index is 2.12. The predicted octanol–water partition coefficient (Wildman–Crippen LogP) is 1.26. The average Bonchev–Trinajstić information content (AvgIpc) is 2.70. The number of allylic oxidation sites excluding steroid dienone is 1. The molecule has 0 saturated heterocycles. The molecular formula is C11H18N2O3. The van der Waals surface area contributed by atoms with Gasteiger partial charge in [0.2, 0.25) is 0 Å². The van der Waals surface area contributed by atoms with Crippen LogP contribution in [-0.4, -0.2) is 29.7 Å². The van der Waals surface area contributed by atoms with Crippen molar-refractivity contribution in [1.29, 1.82) is 0 Å². The highest BCUT2D eigenvalue weighted by molar-refractivity contribution is 5.82. The maximum absolute atomic E-state index is 11.2. The number of carboxylic acid groups (broad SMARTS) is 1. The lowest BCUT2D eigenvalue weighted by Gasteiger charge is -2.10. The highest BCUT2D eigenvalue weighted by atomic mass is 16.4. The average molecular weight is 226 g/mol. The van der Waals surface area contributed by atoms with Crippen LogP contribution in [0.5, 0.6) is 0 Å². The van der Waals surface area contributed by atoms with Gasteiger partial charge >= 0.3 is 12.0 Å². The van der Waals surface area contributed by atoms with Crippen molar-refractivity contribution in [2.45, 2.75) is 38.6 Å². The SMILES string of the molecule is C[C@@H](NC(=O)NCCC1=CCCC1)C(=O)O. The lowest BCUT2D eigenvalue weighted by Crippen LogP contribution is -2.44. The van der Waals surface area contributed by atoms with Gasteiger partial charge in [0.1, 0.15) is 6.04 Å². The summed E-state index contributed by atoms with van der Waals surface area (Å²) in [7, 11) is 0. The van der Waals surface area contributed by atoms with E-state index in [-0.39, 0.29) is 0 Å². The van der Waals surface area contributed by atoms with Gasteiger partial charge in [-0.3, -0.25) is 4.79 Å². The molecule has 1 atom stereocenters. The van der Waals surface area contributed by atoms with E-state index < -0.39 is 18.0 Å². The van der Waals surface area contributed by atoms with E-state index in [4.69, 9.17) is 5.11 Å². The first-order valence-corrected chi connectivity index (χ1v) is 5.54. The zero-order valence-electron chi connectivity index (χ0n) is 9.45. The van der Waals surface area contributed by atoms with Crippen molar-refractivity contribution in [2.75, 3.05) is 6.54 Å². The number of nitrogens with one attached hydrogen (secondary N) is 2. The summed E-state index contributed by atoms with van der Waals surface area (Å²) in [6.07, 6.45) is 6.53. The van der Waals surface area contributed by atoms with Gasteiger partial charge in [-0.2, -0.15) is 0 Å². The summed E-state index contributed by atoms with van der Waals surface area (Å²) >= 11 is 0. The predicted molar refractivity (Wildman–Crippen MR) is 60.2 cm³/mol. The first-order valence-electron chi connectivity index (χ1n) is 5.54. The van der Waals surface area contributed by atoms with Gasteiger partial charge in [-0.25, -0.2) is 4.79 Å². The molecule has 5 heteroatoms. The number of rotatable bonds is 5. The smallest absolute Gasteiger partial charge is 0.325 e. The second kappa shape index (κ2) is 6.15. The lowest BCUT2D eigenvalue weighted by atomic mass is 10.2. The summed E-state index contributed by atoms with van der Waals surface area (Å²) in [5.41, 5.74) is 1.38. The fraction of sp³-hybridized carbons (Fsp3) is 0.636. The highest BCUT2D eigenvalue weighted by Gasteiger charge is 2.13. The molecular weight excluding hydrogens is 208 g/mol. The van der Waals surface area contributed by atoms with Crippen molar-refractivity contribution in [3.8, 4) is 0 Å². The third-order valence-corrected chi connectivity index (χ3v) is 2.58. The van der Waals surface area contributed by atoms with Gasteiger partial charge < -0.3 is 15.7 Å². The van der Waals surface area contributed by atoms with Crippen LogP contribution < -0.4 is 10.6 Å². The van der Waals surface area contributed by atoms with Gasteiger partial charge in [-0.05, 0) is 32.6 Å². The first kappa shape index (κ1) is 12.5. The summed E-state index contributed by atoms with van der Waals surface area (Å²) in [6.45, 7) is 1.99. The van der Waals surface area contributed by atoms with Crippen LogP contribution in [-0.2, 0) is 4.79 Å². The number of aliphatic carboxylic acids is 1. The van der Waals surface area contributed by atoms with Gasteiger partial charge in [0.25, 0.3) is 0 Å². The maximum Gasteiger partial charge on any atom is 0.325 e. The number of carboxylic acids is 1. The zero-order valence-corrected chi connectivity index (χ0v) is 9.45. The van der Waals surface area contributed by atoms with E-state index in [9.17, 15) is 9.59 Å². The third-order valence-electron chi connectivity index (χ3n) is 2.58. The van der Waals surface area contributed by atoms with Crippen LogP contribution in [0.2, 0.25) is 0 Å². The second-order valence-corrected chi connectivity index (χ2v) is 3.96. The molecule has 90 valence electrons. The minimum atomic E-state index is -1.03. The Morgan fingerprint density at radius 3 is 2.88 bits per heavy atom. The van der Waals surface area contributed by atoms with E-state index in [2.05, 4.69) is 16.7 Å². The van der Waals surface area contributed by atoms with Gasteiger partial charge in [-0.15, -0.1) is 0 Å². The summed E-state index contributed by atoms with van der Waals surface area (Å²) < 4.78 is 0. The Hall–Kier alpha value is -1.52. The maximum atomic E-state index is 11.2. The van der Waals surface area contributed by atoms with Crippen LogP contribution in [0.15, 0.2) is 11.6 Å². The van der Waals surface area contributed by atoms with Crippen molar-refractivity contribution in [3.05, 3.63) is 11.6 Å². The Morgan fingerprint density at radius 2 is 2.31 bits per heavy atom. The number of hydrogen-bond acceptors (Lipinski definition) is 2. The van der Waals surface area contributed by atoms with Crippen molar-refractivity contribution >= 4 is 12.0 Å². The Morgan fingerprint density at radius 1 is 1.56 bits per heavy atom. The van der Waals surface area contributed by atoms with Crippen molar-refractivity contribution in [2.24, 2.45) is 0 Å². The molecule has 0 heterocycles. The molecule has 2 amide bonds. The second-order valence-electron chi connectivity index (χ2n) is 3.96. The molecule has 0 aromatic carbocycles. The summed E-state index contributed by atoms with van der Waals surface area (Å²) in [5.74, 6) is -1.03. The molecule has 1 aliphatic carbocycles. The minimum absolute atomic E-state index is 0.423. The van der Waals surface area contributed by atoms with Gasteiger partial charge in [0, 0.05) is 6.54 Å². The zero-order chi connectivity index (χ0) is 12.0. The lowest BCUT2D eigenvalue weighted by molar-refractivity contribution is -0.138. The minimum Gasteiger partial charge on any atom is -0.480 e. The van der Waals surface area contributed by atoms with E-state index in [0.29, 0.717) is 6.54 Å². The van der Waals surface area contributed by atoms with E-state index in [1.165, 1.54) is 18.9 Å². The van der Waals surface area contributed by atoms with Crippen molar-refractivity contribution in [1.82, 2.24) is 10.6 Å². The van der Waals surface area contributed by atoms with Crippen LogP contribution in [0, 0.1) is 0 Å². The van der Waals surface area contributed by atoms with Gasteiger partial charge in [-0.1, -0.05) is 11.6 Å². The number of hydrogen-bond donors (Lipinski definition) is 3. The fourth-order valence-electron chi connectivity index (χ4n) is 1.61. The van der Waals surface area contributed by atoms with E-state index >= 15 is 0 Å². The normalized spacial score (nSPS) is 16.4. The van der Waals surface area contributed by atoms with Crippen LogP contribution in [0.3, 0.4) is 0 Å². The highest BCUT2D eigenvalue weighted by Crippen LogP contribution is 2.19. The third kappa shape index (κ3) is 4.33. The quantitative estimate of drug-likeness (QED) is 0.617. The van der Waals surface area contributed by atoms with Crippen LogP contribution >= 0.6 is 0 Å². The van der Waals surface area contributed by atoms with Gasteiger partial charge in [0.15, 0.2) is 0 Å². The van der Waals surface area contributed by atoms with E-state index in [0.717, 1.165) is 19.3 Å². The monoisotopic (exact) mass is 226 g/mol. The molecule has 0 fully saturated rings. The molecule has 1 aliphatic rings. The number of amides is 2. The van der Waals surface area contributed by atoms with Gasteiger partial charge in [0.05, 0.1) is 0 Å². The molecule has 0 unspecified atom stereocenters. The molecule has 16 heavy (non-hydrogen) atoms.